The van der Waals surface area contributed by atoms with Crippen LogP contribution < -0.4 is 10.6 Å². The van der Waals surface area contributed by atoms with Gasteiger partial charge in [-0.2, -0.15) is 13.2 Å². The molecule has 36 heavy (non-hydrogen) atoms. The lowest BCUT2D eigenvalue weighted by atomic mass is 10.1. The van der Waals surface area contributed by atoms with Crippen LogP contribution in [0.25, 0.3) is 10.4 Å². The molecule has 3 heterocycles. The molecule has 3 N–H and O–H groups in total. The molecule has 0 bridgehead atoms. The Morgan fingerprint density at radius 3 is 2.56 bits per heavy atom. The average Bonchev–Trinajstić information content (AvgIpc) is 3.45. The third-order valence-corrected chi connectivity index (χ3v) is 6.39. The summed E-state index contributed by atoms with van der Waals surface area (Å²) in [7, 11) is 0. The van der Waals surface area contributed by atoms with E-state index < -0.39 is 71.2 Å². The van der Waals surface area contributed by atoms with Crippen molar-refractivity contribution in [3.8, 4) is 10.4 Å². The van der Waals surface area contributed by atoms with Crippen LogP contribution in [0.15, 0.2) is 12.3 Å². The molecular weight excluding hydrogens is 495 g/mol. The van der Waals surface area contributed by atoms with Crippen molar-refractivity contribution in [2.45, 2.75) is 77.6 Å². The van der Waals surface area contributed by atoms with Crippen molar-refractivity contribution in [3.63, 3.8) is 0 Å². The van der Waals surface area contributed by atoms with Crippen LogP contribution in [0.1, 0.15) is 88.3 Å². The Morgan fingerprint density at radius 1 is 1.31 bits per heavy atom. The van der Waals surface area contributed by atoms with Crippen LogP contribution >= 0.6 is 11.3 Å². The molecule has 12 heteroatoms. The van der Waals surface area contributed by atoms with Gasteiger partial charge in [0, 0.05) is 44.7 Å². The molecule has 198 valence electrons. The van der Waals surface area contributed by atoms with Gasteiger partial charge < -0.3 is 20.6 Å². The van der Waals surface area contributed by atoms with Crippen molar-refractivity contribution in [2.75, 3.05) is 18.4 Å². The molecule has 1 fully saturated rings. The largest absolute Gasteiger partial charge is 0.417 e. The number of halogens is 3. The molecule has 8 nitrogen and oxygen atoms in total. The number of hydrogen-bond acceptors (Lipinski definition) is 7. The Morgan fingerprint density at radius 2 is 2.00 bits per heavy atom. The first-order valence-electron chi connectivity index (χ1n) is 14.1. The number of nitrogens with zero attached hydrogens (tertiary/aromatic N) is 3. The van der Waals surface area contributed by atoms with Gasteiger partial charge in [-0.1, -0.05) is 0 Å². The first-order valence-corrected chi connectivity index (χ1v) is 12.0. The number of rotatable bonds is 6. The van der Waals surface area contributed by atoms with Crippen molar-refractivity contribution in [1.82, 2.24) is 20.2 Å². The molecule has 2 aromatic rings. The van der Waals surface area contributed by atoms with Gasteiger partial charge in [-0.25, -0.2) is 9.97 Å². The van der Waals surface area contributed by atoms with E-state index in [9.17, 15) is 27.9 Å². The molecule has 2 aromatic heterocycles. The molecular formula is C24H32F3N5O3S. The minimum Gasteiger partial charge on any atom is -0.389 e. The second-order valence-corrected chi connectivity index (χ2v) is 10.7. The van der Waals surface area contributed by atoms with Crippen LogP contribution in [0.4, 0.5) is 19.0 Å². The van der Waals surface area contributed by atoms with Crippen molar-refractivity contribution in [2.24, 2.45) is 0 Å². The molecule has 0 saturated carbocycles. The minimum absolute atomic E-state index is 0.0734. The minimum atomic E-state index is -4.89. The Bertz CT molecular complexity index is 1330. The third kappa shape index (κ3) is 6.73. The molecule has 0 aromatic carbocycles. The lowest BCUT2D eigenvalue weighted by Crippen LogP contribution is -2.38. The topological polar surface area (TPSA) is 107 Å². The number of aliphatic hydroxyl groups is 1. The molecule has 0 aliphatic carbocycles. The van der Waals surface area contributed by atoms with E-state index in [0.717, 1.165) is 12.3 Å². The molecule has 2 amide bonds. The van der Waals surface area contributed by atoms with Gasteiger partial charge >= 0.3 is 6.18 Å². The van der Waals surface area contributed by atoms with Crippen LogP contribution in [-0.4, -0.2) is 62.1 Å². The number of alkyl halides is 3. The van der Waals surface area contributed by atoms with E-state index >= 15 is 0 Å². The van der Waals surface area contributed by atoms with Crippen molar-refractivity contribution in [1.29, 1.82) is 0 Å². The second-order valence-electron chi connectivity index (χ2n) is 9.72. The van der Waals surface area contributed by atoms with Gasteiger partial charge in [-0.05, 0) is 60.3 Å². The SMILES string of the molecule is [2H]C([2H])([2H])C(O)(CNC(=O)c1nc(C(=O)N2CCC[C@@H]2C)c(-c2cnc(NC(C)(C)C)cc2C(F)(F)F)s1)C([2H])([2H])[2H]. The smallest absolute Gasteiger partial charge is 0.389 e. The van der Waals surface area contributed by atoms with E-state index in [2.05, 4.69) is 15.3 Å². The number of aromatic nitrogens is 2. The van der Waals surface area contributed by atoms with Gasteiger partial charge in [0.1, 0.15) is 11.5 Å². The van der Waals surface area contributed by atoms with Gasteiger partial charge in [0.15, 0.2) is 5.01 Å². The summed E-state index contributed by atoms with van der Waals surface area (Å²) in [4.78, 5) is 35.8. The van der Waals surface area contributed by atoms with Crippen LogP contribution in [-0.2, 0) is 6.18 Å². The number of amides is 2. The molecule has 1 atom stereocenters. The molecule has 0 radical (unpaired) electrons. The van der Waals surface area contributed by atoms with E-state index in [1.54, 1.807) is 27.7 Å². The van der Waals surface area contributed by atoms with Crippen LogP contribution in [0.5, 0.6) is 0 Å². The van der Waals surface area contributed by atoms with Crippen LogP contribution in [0, 0.1) is 0 Å². The zero-order valence-electron chi connectivity index (χ0n) is 26.2. The van der Waals surface area contributed by atoms with Gasteiger partial charge in [0.2, 0.25) is 0 Å². The highest BCUT2D eigenvalue weighted by Crippen LogP contribution is 2.42. The highest BCUT2D eigenvalue weighted by molar-refractivity contribution is 7.17. The first kappa shape index (κ1) is 20.3. The molecule has 0 unspecified atom stereocenters. The summed E-state index contributed by atoms with van der Waals surface area (Å²) in [5.41, 5.74) is -6.03. The molecule has 0 spiro atoms. The monoisotopic (exact) mass is 533 g/mol. The highest BCUT2D eigenvalue weighted by Gasteiger charge is 2.38. The summed E-state index contributed by atoms with van der Waals surface area (Å²) in [6.45, 7) is -0.813. The van der Waals surface area contributed by atoms with E-state index in [4.69, 9.17) is 8.22 Å². The summed E-state index contributed by atoms with van der Waals surface area (Å²) >= 11 is 0.430. The van der Waals surface area contributed by atoms with Gasteiger partial charge in [-0.3, -0.25) is 9.59 Å². The average molecular weight is 534 g/mol. The Balaban J connectivity index is 2.13. The zero-order valence-corrected chi connectivity index (χ0v) is 21.0. The molecule has 3 rings (SSSR count). The normalized spacial score (nSPS) is 20.0. The number of pyridine rings is 1. The van der Waals surface area contributed by atoms with E-state index in [1.807, 2.05) is 5.32 Å². The number of anilines is 1. The molecule has 1 aliphatic rings. The quantitative estimate of drug-likeness (QED) is 0.503. The highest BCUT2D eigenvalue weighted by atomic mass is 32.1. The number of likely N-dealkylation sites (tertiary alicyclic amines) is 1. The molecule has 1 aliphatic heterocycles. The zero-order chi connectivity index (χ0) is 32.1. The van der Waals surface area contributed by atoms with Crippen LogP contribution in [0.3, 0.4) is 0 Å². The summed E-state index contributed by atoms with van der Waals surface area (Å²) < 4.78 is 87.6. The lowest BCUT2D eigenvalue weighted by Gasteiger charge is -2.23. The second kappa shape index (κ2) is 9.97. The Labute approximate surface area is 220 Å². The summed E-state index contributed by atoms with van der Waals surface area (Å²) in [5.74, 6) is -1.97. The predicted molar refractivity (Wildman–Crippen MR) is 132 cm³/mol. The third-order valence-electron chi connectivity index (χ3n) is 5.30. The first-order chi connectivity index (χ1) is 19.0. The van der Waals surface area contributed by atoms with Gasteiger partial charge in [0.25, 0.3) is 11.8 Å². The van der Waals surface area contributed by atoms with E-state index in [0.29, 0.717) is 30.7 Å². The summed E-state index contributed by atoms with van der Waals surface area (Å²) in [6.07, 6.45) is -2.65. The van der Waals surface area contributed by atoms with Crippen molar-refractivity contribution in [3.05, 3.63) is 28.5 Å². The summed E-state index contributed by atoms with van der Waals surface area (Å²) in [6, 6.07) is 0.552. The summed E-state index contributed by atoms with van der Waals surface area (Å²) in [5, 5.41) is 14.8. The fourth-order valence-corrected chi connectivity index (χ4v) is 4.72. The maximum absolute atomic E-state index is 14.3. The number of thiazole rings is 1. The van der Waals surface area contributed by atoms with Crippen LogP contribution in [0.2, 0.25) is 0 Å². The van der Waals surface area contributed by atoms with E-state index in [1.165, 1.54) is 4.90 Å². The molecule has 1 saturated heterocycles. The predicted octanol–water partition coefficient (Wildman–Crippen LogP) is 4.56. The Hall–Kier alpha value is -2.73. The number of nitrogens with one attached hydrogen (secondary N) is 2. The van der Waals surface area contributed by atoms with Gasteiger partial charge in [-0.15, -0.1) is 11.3 Å². The van der Waals surface area contributed by atoms with Crippen molar-refractivity contribution >= 4 is 29.0 Å². The maximum atomic E-state index is 14.3. The maximum Gasteiger partial charge on any atom is 0.417 e. The van der Waals surface area contributed by atoms with Gasteiger partial charge in [0.05, 0.1) is 16.0 Å². The van der Waals surface area contributed by atoms with E-state index in [-0.39, 0.29) is 16.7 Å². The van der Waals surface area contributed by atoms with Crippen molar-refractivity contribution < 1.29 is 36.1 Å². The standard InChI is InChI=1S/C24H32F3N5O3S/c1-13-8-7-9-32(13)21(34)17-18(36-20(30-17)19(33)29-12-23(5,6)35)14-11-28-16(31-22(2,3)4)10-15(14)24(25,26)27/h10-11,13,35H,7-9,12H2,1-6H3,(H,28,31)(H,29,33)/t13-/m0/s1/i5D3,6D3. The number of hydrogen-bond donors (Lipinski definition) is 3. The lowest BCUT2D eigenvalue weighted by molar-refractivity contribution is -0.137. The Kier molecular flexibility index (Phi) is 5.63. The fraction of sp³-hybridized carbons (Fsp3) is 0.583. The number of carbonyl (C=O) groups is 2. The fourth-order valence-electron chi connectivity index (χ4n) is 3.72. The number of carbonyl (C=O) groups excluding carboxylic acids is 2.